The summed E-state index contributed by atoms with van der Waals surface area (Å²) in [6.45, 7) is 4.34. The molecule has 5 unspecified atom stereocenters. The van der Waals surface area contributed by atoms with Gasteiger partial charge in [-0.05, 0) is 148 Å². The molecule has 0 heterocycles. The number of carbonyl (C=O) groups is 4. The molecule has 0 saturated heterocycles. The summed E-state index contributed by atoms with van der Waals surface area (Å²) in [5.74, 6) is -2.38. The number of phosphoric acid groups is 2. The Morgan fingerprint density at radius 3 is 0.882 bits per heavy atom. The molecule has 0 spiro atoms. The summed E-state index contributed by atoms with van der Waals surface area (Å²) in [4.78, 5) is 72.9. The van der Waals surface area contributed by atoms with Crippen molar-refractivity contribution in [3.63, 3.8) is 0 Å². The van der Waals surface area contributed by atoms with Crippen molar-refractivity contribution in [2.45, 2.75) is 303 Å². The number of hydrogen-bond donors (Lipinski definition) is 3. The number of hydrogen-bond acceptors (Lipinski definition) is 15. The first-order valence-corrected chi connectivity index (χ1v) is 41.7. The summed E-state index contributed by atoms with van der Waals surface area (Å²) < 4.78 is 68.4. The molecule has 0 bridgehead atoms. The summed E-state index contributed by atoms with van der Waals surface area (Å²) in [5, 5.41) is 10.6. The molecule has 580 valence electrons. The number of phosphoric ester groups is 2. The van der Waals surface area contributed by atoms with Gasteiger partial charge in [-0.25, -0.2) is 9.13 Å². The SMILES string of the molecule is CC/C=C\C/C=C\C/C=C\C/C=C\C/C=C\CC(=O)OCC(COP(=O)(O)OCC(O)COP(=O)(O)OCC(COC(=O)CCCCCC/C=C\C/C=C\C/C=C\C/C=C\CC)OC(=O)CCCCCCCCC/C=C\C/C=C\C/C=C\CC)OC(=O)CCCCCCC/C=C\CCCCCC. The Morgan fingerprint density at radius 1 is 0.294 bits per heavy atom. The molecule has 0 aliphatic carbocycles. The molecular weight excluding hydrogens is 1330 g/mol. The molecule has 0 saturated carbocycles. The van der Waals surface area contributed by atoms with Crippen molar-refractivity contribution in [2.24, 2.45) is 0 Å². The van der Waals surface area contributed by atoms with Gasteiger partial charge in [0.25, 0.3) is 0 Å². The summed E-state index contributed by atoms with van der Waals surface area (Å²) in [6, 6.07) is 0. The van der Waals surface area contributed by atoms with Gasteiger partial charge < -0.3 is 33.8 Å². The van der Waals surface area contributed by atoms with Gasteiger partial charge in [-0.3, -0.25) is 37.3 Å². The van der Waals surface area contributed by atoms with Gasteiger partial charge in [0.2, 0.25) is 0 Å². The minimum Gasteiger partial charge on any atom is -0.462 e. The molecule has 0 radical (unpaired) electrons. The smallest absolute Gasteiger partial charge is 0.462 e. The highest BCUT2D eigenvalue weighted by atomic mass is 31.2. The maximum atomic E-state index is 13.1. The Labute approximate surface area is 617 Å². The van der Waals surface area contributed by atoms with E-state index in [2.05, 4.69) is 161 Å². The molecule has 0 aromatic heterocycles. The van der Waals surface area contributed by atoms with Crippen LogP contribution in [0.15, 0.2) is 158 Å². The van der Waals surface area contributed by atoms with Crippen molar-refractivity contribution in [1.82, 2.24) is 0 Å². The fourth-order valence-corrected chi connectivity index (χ4v) is 11.3. The molecule has 19 heteroatoms. The van der Waals surface area contributed by atoms with Crippen LogP contribution in [0.2, 0.25) is 0 Å². The molecule has 0 aliphatic heterocycles. The van der Waals surface area contributed by atoms with Crippen molar-refractivity contribution in [1.29, 1.82) is 0 Å². The second-order valence-corrected chi connectivity index (χ2v) is 28.1. The number of ether oxygens (including phenoxy) is 4. The summed E-state index contributed by atoms with van der Waals surface area (Å²) >= 11 is 0. The number of aliphatic hydroxyl groups is 1. The van der Waals surface area contributed by atoms with E-state index in [1.807, 2.05) is 18.2 Å². The maximum absolute atomic E-state index is 13.1. The van der Waals surface area contributed by atoms with E-state index in [0.29, 0.717) is 25.7 Å². The average molecular weight is 1470 g/mol. The molecule has 3 N–H and O–H groups in total. The Balaban J connectivity index is 5.46. The number of allylic oxidation sites excluding steroid dienone is 25. The van der Waals surface area contributed by atoms with Crippen LogP contribution in [0.4, 0.5) is 0 Å². The van der Waals surface area contributed by atoms with E-state index >= 15 is 0 Å². The number of rotatable bonds is 71. The van der Waals surface area contributed by atoms with E-state index in [4.69, 9.17) is 37.0 Å². The van der Waals surface area contributed by atoms with E-state index in [-0.39, 0.29) is 25.7 Å². The minimum atomic E-state index is -5.00. The first-order chi connectivity index (χ1) is 49.7. The minimum absolute atomic E-state index is 0.0606. The van der Waals surface area contributed by atoms with Gasteiger partial charge in [0.05, 0.1) is 32.8 Å². The largest absolute Gasteiger partial charge is 0.472 e. The van der Waals surface area contributed by atoms with Crippen LogP contribution < -0.4 is 0 Å². The molecule has 5 atom stereocenters. The zero-order valence-corrected chi connectivity index (χ0v) is 65.0. The maximum Gasteiger partial charge on any atom is 0.472 e. The van der Waals surface area contributed by atoms with Crippen LogP contribution in [-0.4, -0.2) is 96.7 Å². The third-order valence-corrected chi connectivity index (χ3v) is 17.4. The number of aliphatic hydroxyl groups excluding tert-OH is 1. The van der Waals surface area contributed by atoms with Crippen LogP contribution in [0, 0.1) is 0 Å². The Hall–Kier alpha value is -5.32. The average Bonchev–Trinajstić information content (AvgIpc) is 0.908. The highest BCUT2D eigenvalue weighted by Gasteiger charge is 2.30. The second-order valence-electron chi connectivity index (χ2n) is 25.2. The lowest BCUT2D eigenvalue weighted by Crippen LogP contribution is -2.30. The summed E-state index contributed by atoms with van der Waals surface area (Å²) in [7, 11) is -10.00. The van der Waals surface area contributed by atoms with Crippen LogP contribution >= 0.6 is 15.6 Å². The van der Waals surface area contributed by atoms with Crippen LogP contribution in [0.3, 0.4) is 0 Å². The van der Waals surface area contributed by atoms with Crippen LogP contribution in [-0.2, 0) is 65.4 Å². The van der Waals surface area contributed by atoms with E-state index in [9.17, 15) is 43.2 Å². The third kappa shape index (κ3) is 73.0. The molecule has 0 aliphatic rings. The molecular formula is C83H136O17P2. The number of esters is 4. The number of carbonyl (C=O) groups excluding carboxylic acids is 4. The van der Waals surface area contributed by atoms with Gasteiger partial charge >= 0.3 is 39.5 Å². The van der Waals surface area contributed by atoms with Crippen LogP contribution in [0.25, 0.3) is 0 Å². The summed E-state index contributed by atoms with van der Waals surface area (Å²) in [5.41, 5.74) is 0. The van der Waals surface area contributed by atoms with Crippen molar-refractivity contribution >= 4 is 39.5 Å². The zero-order chi connectivity index (χ0) is 74.6. The highest BCUT2D eigenvalue weighted by Crippen LogP contribution is 2.45. The molecule has 0 amide bonds. The fourth-order valence-electron chi connectivity index (χ4n) is 9.70. The lowest BCUT2D eigenvalue weighted by Gasteiger charge is -2.21. The molecule has 0 fully saturated rings. The van der Waals surface area contributed by atoms with Crippen molar-refractivity contribution in [2.75, 3.05) is 39.6 Å². The van der Waals surface area contributed by atoms with Gasteiger partial charge in [-0.15, -0.1) is 0 Å². The fraction of sp³-hybridized carbons (Fsp3) is 0.639. The molecule has 0 rings (SSSR count). The normalized spacial score (nSPS) is 14.8. The van der Waals surface area contributed by atoms with E-state index in [1.54, 1.807) is 6.08 Å². The predicted molar refractivity (Wildman–Crippen MR) is 417 cm³/mol. The van der Waals surface area contributed by atoms with Gasteiger partial charge in [0, 0.05) is 19.3 Å². The van der Waals surface area contributed by atoms with Crippen molar-refractivity contribution < 1.29 is 80.2 Å². The predicted octanol–water partition coefficient (Wildman–Crippen LogP) is 22.4. The zero-order valence-electron chi connectivity index (χ0n) is 63.2. The lowest BCUT2D eigenvalue weighted by molar-refractivity contribution is -0.161. The van der Waals surface area contributed by atoms with Crippen LogP contribution in [0.5, 0.6) is 0 Å². The highest BCUT2D eigenvalue weighted by molar-refractivity contribution is 7.47. The quantitative estimate of drug-likeness (QED) is 0.0169. The van der Waals surface area contributed by atoms with Gasteiger partial charge in [0.15, 0.2) is 12.2 Å². The Bertz CT molecular complexity index is 2550. The molecule has 17 nitrogen and oxygen atoms in total. The lowest BCUT2D eigenvalue weighted by atomic mass is 10.1. The molecule has 102 heavy (non-hydrogen) atoms. The number of unbranched alkanes of at least 4 members (excludes halogenated alkanes) is 20. The standard InChI is InChI=1S/C83H136O17P2/c1-5-9-13-17-21-25-29-33-36-38-41-45-48-52-56-60-64-68-81(86)94-74-79(100-83(88)70-66-62-58-54-50-46-42-39-37-34-30-26-22-18-14-10-6-2)76-98-102(91,92)96-72-77(84)71-95-101(89,90)97-75-78(99-82(87)69-65-61-57-53-49-43-32-28-24-20-16-12-8-4)73-93-80(85)67-63-59-55-51-47-44-40-35-31-27-23-19-15-11-7-3/h9-11,13-15,21-23,25-28,32-37,40-41,45,47,51,59,63,77-79,84H,5-8,12,16-20,24,29-31,38-39,42-44,46,48-50,52-58,60-62,64-76H2,1-4H3,(H,89,90)(H,91,92)/b13-9-,14-10-,15-11-,25-21-,26-22-,27-23-,32-28-,36-33-,37-34-,40-35-,45-41-,51-47-,63-59-. The Kier molecular flexibility index (Phi) is 70.1. The first kappa shape index (κ1) is 96.7. The second kappa shape index (κ2) is 74.0. The summed E-state index contributed by atoms with van der Waals surface area (Å²) in [6.07, 6.45) is 85.4. The third-order valence-electron chi connectivity index (χ3n) is 15.5. The van der Waals surface area contributed by atoms with E-state index < -0.39 is 97.5 Å². The van der Waals surface area contributed by atoms with E-state index in [0.717, 1.165) is 180 Å². The molecule has 0 aromatic rings. The van der Waals surface area contributed by atoms with Gasteiger partial charge in [-0.2, -0.15) is 0 Å². The monoisotopic (exact) mass is 1470 g/mol. The van der Waals surface area contributed by atoms with Crippen molar-refractivity contribution in [3.8, 4) is 0 Å². The Morgan fingerprint density at radius 2 is 0.549 bits per heavy atom. The van der Waals surface area contributed by atoms with Crippen molar-refractivity contribution in [3.05, 3.63) is 158 Å². The molecule has 0 aromatic carbocycles. The van der Waals surface area contributed by atoms with Crippen LogP contribution in [0.1, 0.15) is 285 Å². The van der Waals surface area contributed by atoms with Gasteiger partial charge in [-0.1, -0.05) is 269 Å². The topological polar surface area (TPSA) is 237 Å². The van der Waals surface area contributed by atoms with Gasteiger partial charge in [0.1, 0.15) is 19.3 Å². The first-order valence-electron chi connectivity index (χ1n) is 38.7. The van der Waals surface area contributed by atoms with E-state index in [1.165, 1.54) is 25.7 Å².